The van der Waals surface area contributed by atoms with Crippen molar-refractivity contribution < 1.29 is 4.42 Å². The van der Waals surface area contributed by atoms with Crippen molar-refractivity contribution in [3.63, 3.8) is 0 Å². The molecule has 12 aromatic rings. The van der Waals surface area contributed by atoms with Crippen molar-refractivity contribution in [1.29, 1.82) is 0 Å². The van der Waals surface area contributed by atoms with Gasteiger partial charge in [-0.1, -0.05) is 170 Å². The van der Waals surface area contributed by atoms with E-state index < -0.39 is 0 Å². The molecule has 0 amide bonds. The summed E-state index contributed by atoms with van der Waals surface area (Å²) in [5, 5.41) is 6.66. The Kier molecular flexibility index (Phi) is 9.08. The maximum atomic E-state index is 6.97. The third-order valence-electron chi connectivity index (χ3n) is 12.1. The van der Waals surface area contributed by atoms with E-state index >= 15 is 0 Å². The zero-order valence-corrected chi connectivity index (χ0v) is 34.6. The molecule has 2 heterocycles. The quantitative estimate of drug-likeness (QED) is 0.153. The fourth-order valence-corrected chi connectivity index (χ4v) is 8.91. The Hall–Kier alpha value is -8.67. The van der Waals surface area contributed by atoms with Gasteiger partial charge in [0.2, 0.25) is 0 Å². The minimum absolute atomic E-state index is 0.581. The average molecular weight is 819 g/mol. The van der Waals surface area contributed by atoms with Crippen LogP contribution in [0.15, 0.2) is 235 Å². The second-order valence-corrected chi connectivity index (χ2v) is 16.0. The van der Waals surface area contributed by atoms with Crippen molar-refractivity contribution in [2.75, 3.05) is 4.90 Å². The van der Waals surface area contributed by atoms with E-state index in [9.17, 15) is 0 Å². The molecule has 12 rings (SSSR count). The van der Waals surface area contributed by atoms with Crippen LogP contribution in [0.3, 0.4) is 0 Å². The van der Waals surface area contributed by atoms with Gasteiger partial charge in [0.05, 0.1) is 0 Å². The van der Waals surface area contributed by atoms with Gasteiger partial charge in [-0.3, -0.25) is 0 Å². The minimum Gasteiger partial charge on any atom is -0.455 e. The smallest absolute Gasteiger partial charge is 0.164 e. The lowest BCUT2D eigenvalue weighted by molar-refractivity contribution is 0.670. The summed E-state index contributed by atoms with van der Waals surface area (Å²) in [6, 6.07) is 80.6. The Bertz CT molecular complexity index is 3640. The minimum atomic E-state index is 0.581. The van der Waals surface area contributed by atoms with Gasteiger partial charge in [0.25, 0.3) is 0 Å². The topological polar surface area (TPSA) is 55.1 Å². The van der Waals surface area contributed by atoms with Crippen LogP contribution in [0.1, 0.15) is 0 Å². The average Bonchev–Trinajstić information content (AvgIpc) is 3.74. The zero-order valence-electron chi connectivity index (χ0n) is 34.6. The van der Waals surface area contributed by atoms with E-state index in [1.54, 1.807) is 0 Å². The van der Waals surface area contributed by atoms with Crippen LogP contribution in [0.4, 0.5) is 17.1 Å². The van der Waals surface area contributed by atoms with Crippen LogP contribution in [0.2, 0.25) is 0 Å². The summed E-state index contributed by atoms with van der Waals surface area (Å²) in [6.07, 6.45) is 0. The van der Waals surface area contributed by atoms with E-state index in [1.165, 1.54) is 16.5 Å². The number of nitrogens with zero attached hydrogens (tertiary/aromatic N) is 4. The van der Waals surface area contributed by atoms with Gasteiger partial charge in [0.15, 0.2) is 17.5 Å². The van der Waals surface area contributed by atoms with Crippen LogP contribution in [0, 0.1) is 0 Å². The largest absolute Gasteiger partial charge is 0.455 e. The third-order valence-corrected chi connectivity index (χ3v) is 12.1. The first kappa shape index (κ1) is 37.1. The van der Waals surface area contributed by atoms with Gasteiger partial charge in [-0.25, -0.2) is 15.0 Å². The van der Waals surface area contributed by atoms with E-state index in [2.05, 4.69) is 205 Å². The van der Waals surface area contributed by atoms with E-state index in [-0.39, 0.29) is 0 Å². The molecule has 0 N–H and O–H groups in total. The van der Waals surface area contributed by atoms with Crippen LogP contribution < -0.4 is 4.90 Å². The fraction of sp³-hybridized carbons (Fsp3) is 0. The number of anilines is 3. The predicted octanol–water partition coefficient (Wildman–Crippen LogP) is 15.9. The SMILES string of the molecule is c1ccc(-c2ccc(N(c3ccccc3)c3ccc(-c4c5ccccc5cc5c4oc4cc(-c6nc(-c7ccccc7)nc(-c7ccc8ccccc8c7)n6)ccc45)cc3)cc2)cc1. The molecule has 0 radical (unpaired) electrons. The van der Waals surface area contributed by atoms with Crippen molar-refractivity contribution in [2.45, 2.75) is 0 Å². The summed E-state index contributed by atoms with van der Waals surface area (Å²) < 4.78 is 6.97. The molecule has 10 aromatic carbocycles. The normalized spacial score (nSPS) is 11.4. The van der Waals surface area contributed by atoms with Crippen LogP contribution in [-0.2, 0) is 0 Å². The second kappa shape index (κ2) is 15.7. The van der Waals surface area contributed by atoms with Crippen molar-refractivity contribution in [2.24, 2.45) is 0 Å². The van der Waals surface area contributed by atoms with Crippen LogP contribution in [0.25, 0.3) is 99.9 Å². The van der Waals surface area contributed by atoms with Crippen molar-refractivity contribution in [3.8, 4) is 56.4 Å². The molecule has 0 saturated carbocycles. The fourth-order valence-electron chi connectivity index (χ4n) is 8.91. The molecule has 0 aliphatic rings. The van der Waals surface area contributed by atoms with Crippen LogP contribution in [-0.4, -0.2) is 15.0 Å². The Morgan fingerprint density at radius 2 is 0.781 bits per heavy atom. The summed E-state index contributed by atoms with van der Waals surface area (Å²) in [5.74, 6) is 1.81. The molecule has 0 unspecified atom stereocenters. The predicted molar refractivity (Wildman–Crippen MR) is 264 cm³/mol. The summed E-state index contributed by atoms with van der Waals surface area (Å²) >= 11 is 0. The van der Waals surface area contributed by atoms with Gasteiger partial charge in [-0.15, -0.1) is 0 Å². The lowest BCUT2D eigenvalue weighted by atomic mass is 9.95. The van der Waals surface area contributed by atoms with E-state index in [0.717, 1.165) is 83.0 Å². The Morgan fingerprint density at radius 3 is 1.47 bits per heavy atom. The van der Waals surface area contributed by atoms with Crippen LogP contribution in [0.5, 0.6) is 0 Å². The van der Waals surface area contributed by atoms with Gasteiger partial charge in [0, 0.05) is 50.1 Å². The monoisotopic (exact) mass is 818 g/mol. The van der Waals surface area contributed by atoms with Gasteiger partial charge >= 0.3 is 0 Å². The highest BCUT2D eigenvalue weighted by atomic mass is 16.3. The first-order valence-corrected chi connectivity index (χ1v) is 21.5. The van der Waals surface area contributed by atoms with Gasteiger partial charge in [0.1, 0.15) is 11.2 Å². The number of aromatic nitrogens is 3. The van der Waals surface area contributed by atoms with E-state index in [0.29, 0.717) is 17.5 Å². The lowest BCUT2D eigenvalue weighted by Gasteiger charge is -2.26. The number of rotatable bonds is 8. The van der Waals surface area contributed by atoms with Gasteiger partial charge < -0.3 is 9.32 Å². The molecule has 0 saturated heterocycles. The molecule has 0 spiro atoms. The van der Waals surface area contributed by atoms with Crippen molar-refractivity contribution in [1.82, 2.24) is 15.0 Å². The molecule has 0 aliphatic carbocycles. The third kappa shape index (κ3) is 6.73. The van der Waals surface area contributed by atoms with Crippen molar-refractivity contribution in [3.05, 3.63) is 231 Å². The summed E-state index contributed by atoms with van der Waals surface area (Å²) in [7, 11) is 0. The van der Waals surface area contributed by atoms with Gasteiger partial charge in [-0.05, 0) is 98.9 Å². The molecule has 0 atom stereocenters. The highest BCUT2D eigenvalue weighted by molar-refractivity contribution is 6.18. The molecule has 2 aromatic heterocycles. The highest BCUT2D eigenvalue weighted by Gasteiger charge is 2.20. The van der Waals surface area contributed by atoms with E-state index in [4.69, 9.17) is 19.4 Å². The molecule has 64 heavy (non-hydrogen) atoms. The van der Waals surface area contributed by atoms with Gasteiger partial charge in [-0.2, -0.15) is 0 Å². The number of para-hydroxylation sites is 1. The standard InChI is InChI=1S/C59H38N4O/c1-4-14-39(15-5-1)41-26-31-49(32-27-41)63(48-21-8-3-9-22-48)50-33-28-42(29-34-50)55-51-23-13-12-20-45(51)37-53-52-35-30-47(38-54(52)64-56(53)55)59-61-57(43-17-6-2-7-18-43)60-58(62-59)46-25-24-40-16-10-11-19-44(40)36-46/h1-38H. The van der Waals surface area contributed by atoms with Crippen LogP contribution >= 0.6 is 0 Å². The Balaban J connectivity index is 0.966. The number of hydrogen-bond donors (Lipinski definition) is 0. The molecule has 0 fully saturated rings. The first-order valence-electron chi connectivity index (χ1n) is 21.5. The summed E-state index contributed by atoms with van der Waals surface area (Å²) in [6.45, 7) is 0. The number of fused-ring (bicyclic) bond motifs is 5. The second-order valence-electron chi connectivity index (χ2n) is 16.0. The molecule has 5 nitrogen and oxygen atoms in total. The highest BCUT2D eigenvalue weighted by Crippen LogP contribution is 2.43. The lowest BCUT2D eigenvalue weighted by Crippen LogP contribution is -2.09. The number of benzene rings is 10. The summed E-state index contributed by atoms with van der Waals surface area (Å²) in [4.78, 5) is 17.4. The maximum Gasteiger partial charge on any atom is 0.164 e. The Morgan fingerprint density at radius 1 is 0.297 bits per heavy atom. The first-order chi connectivity index (χ1) is 31.7. The molecule has 5 heteroatoms. The van der Waals surface area contributed by atoms with Crippen molar-refractivity contribution >= 4 is 60.5 Å². The maximum absolute atomic E-state index is 6.97. The number of furan rings is 1. The molecule has 0 aliphatic heterocycles. The molecule has 300 valence electrons. The Labute approximate surface area is 370 Å². The van der Waals surface area contributed by atoms with E-state index in [1.807, 2.05) is 30.3 Å². The number of hydrogen-bond acceptors (Lipinski definition) is 5. The molecule has 0 bridgehead atoms. The summed E-state index contributed by atoms with van der Waals surface area (Å²) in [5.41, 5.74) is 12.0. The molecular formula is C59H38N4O. The zero-order chi connectivity index (χ0) is 42.4. The molecular weight excluding hydrogens is 781 g/mol.